The van der Waals surface area contributed by atoms with Gasteiger partial charge >= 0.3 is 0 Å². The molecule has 0 fully saturated rings. The minimum absolute atomic E-state index is 0.675. The summed E-state index contributed by atoms with van der Waals surface area (Å²) in [5.74, 6) is 0.675. The smallest absolute Gasteiger partial charge is 0.160 e. The Bertz CT molecular complexity index is 2740. The van der Waals surface area contributed by atoms with Crippen molar-refractivity contribution < 1.29 is 0 Å². The second-order valence-electron chi connectivity index (χ2n) is 13.1. The normalized spacial score (nSPS) is 11.5. The molecule has 0 amide bonds. The van der Waals surface area contributed by atoms with Gasteiger partial charge in [-0.1, -0.05) is 146 Å². The highest BCUT2D eigenvalue weighted by Gasteiger charge is 2.17. The summed E-state index contributed by atoms with van der Waals surface area (Å²) < 4.78 is 0. The molecule has 0 bridgehead atoms. The van der Waals surface area contributed by atoms with Crippen LogP contribution in [-0.4, -0.2) is 19.9 Å². The molecule has 242 valence electrons. The van der Waals surface area contributed by atoms with Crippen LogP contribution in [0, 0.1) is 0 Å². The van der Waals surface area contributed by atoms with Crippen LogP contribution in [-0.2, 0) is 0 Å². The Morgan fingerprint density at radius 2 is 0.788 bits per heavy atom. The van der Waals surface area contributed by atoms with E-state index >= 15 is 0 Å². The fraction of sp³-hybridized carbons (Fsp3) is 0. The number of hydrogen-bond donors (Lipinski definition) is 0. The maximum absolute atomic E-state index is 5.32. The number of fused-ring (bicyclic) bond motifs is 4. The van der Waals surface area contributed by atoms with E-state index in [1.165, 1.54) is 10.8 Å². The molecule has 7 aromatic carbocycles. The lowest BCUT2D eigenvalue weighted by Gasteiger charge is -2.15. The van der Waals surface area contributed by atoms with Gasteiger partial charge in [0.1, 0.15) is 0 Å². The molecule has 0 N–H and O–H groups in total. The van der Waals surface area contributed by atoms with Gasteiger partial charge in [-0.05, 0) is 56.9 Å². The van der Waals surface area contributed by atoms with Crippen molar-refractivity contribution in [2.24, 2.45) is 0 Å². The van der Waals surface area contributed by atoms with E-state index in [0.717, 1.165) is 82.9 Å². The minimum atomic E-state index is 0.675. The average Bonchev–Trinajstić information content (AvgIpc) is 3.22. The Morgan fingerprint density at radius 3 is 1.37 bits per heavy atom. The van der Waals surface area contributed by atoms with E-state index in [-0.39, 0.29) is 0 Å². The van der Waals surface area contributed by atoms with Crippen molar-refractivity contribution in [3.8, 4) is 56.2 Å². The Morgan fingerprint density at radius 1 is 0.327 bits per heavy atom. The zero-order valence-electron chi connectivity index (χ0n) is 28.1. The molecule has 0 aliphatic carbocycles. The van der Waals surface area contributed by atoms with Crippen LogP contribution < -0.4 is 0 Å². The highest BCUT2D eigenvalue weighted by atomic mass is 14.9. The Balaban J connectivity index is 1.14. The molecule has 0 spiro atoms. The van der Waals surface area contributed by atoms with E-state index in [0.29, 0.717) is 5.82 Å². The maximum atomic E-state index is 5.32. The summed E-state index contributed by atoms with van der Waals surface area (Å²) >= 11 is 0. The number of aromatic nitrogens is 4. The van der Waals surface area contributed by atoms with Gasteiger partial charge in [-0.15, -0.1) is 0 Å². The second-order valence-corrected chi connectivity index (χ2v) is 13.1. The fourth-order valence-electron chi connectivity index (χ4n) is 7.44. The SMILES string of the molecule is c1ccc2c(-c3cc(-c4ccc(-c5cccc6cccnc56)cc4)nc(-c4ccc(-c5cccc6cccnc56)cc4)n3)c3ccccc3cc2c1. The maximum Gasteiger partial charge on any atom is 0.160 e. The average molecular weight is 663 g/mol. The monoisotopic (exact) mass is 662 g/mol. The van der Waals surface area contributed by atoms with Gasteiger partial charge in [-0.25, -0.2) is 9.97 Å². The lowest BCUT2D eigenvalue weighted by Crippen LogP contribution is -1.97. The van der Waals surface area contributed by atoms with Crippen LogP contribution in [0.5, 0.6) is 0 Å². The van der Waals surface area contributed by atoms with Crippen LogP contribution in [0.1, 0.15) is 0 Å². The lowest BCUT2D eigenvalue weighted by molar-refractivity contribution is 1.19. The first-order chi connectivity index (χ1) is 25.8. The molecule has 0 atom stereocenters. The second kappa shape index (κ2) is 12.4. The van der Waals surface area contributed by atoms with Gasteiger partial charge in [0.15, 0.2) is 5.82 Å². The number of nitrogens with zero attached hydrogens (tertiary/aromatic N) is 4. The van der Waals surface area contributed by atoms with Crippen molar-refractivity contribution >= 4 is 43.4 Å². The first-order valence-electron chi connectivity index (χ1n) is 17.5. The topological polar surface area (TPSA) is 51.6 Å². The molecule has 4 nitrogen and oxygen atoms in total. The first-order valence-corrected chi connectivity index (χ1v) is 17.5. The zero-order chi connectivity index (χ0) is 34.4. The third-order valence-electron chi connectivity index (χ3n) is 9.96. The molecule has 52 heavy (non-hydrogen) atoms. The summed E-state index contributed by atoms with van der Waals surface area (Å²) in [6, 6.07) is 59.5. The summed E-state index contributed by atoms with van der Waals surface area (Å²) in [6.07, 6.45) is 3.70. The summed E-state index contributed by atoms with van der Waals surface area (Å²) in [5.41, 5.74) is 11.2. The summed E-state index contributed by atoms with van der Waals surface area (Å²) in [6.45, 7) is 0. The number of benzene rings is 7. The predicted octanol–water partition coefficient (Wildman–Crippen LogP) is 12.2. The Hall–Kier alpha value is -7.04. The molecule has 4 heteroatoms. The van der Waals surface area contributed by atoms with Crippen molar-refractivity contribution in [2.45, 2.75) is 0 Å². The highest BCUT2D eigenvalue weighted by molar-refractivity contribution is 6.12. The third kappa shape index (κ3) is 5.17. The van der Waals surface area contributed by atoms with Crippen LogP contribution in [0.15, 0.2) is 182 Å². The van der Waals surface area contributed by atoms with Crippen molar-refractivity contribution in [3.05, 3.63) is 182 Å². The molecule has 0 aliphatic heterocycles. The van der Waals surface area contributed by atoms with Gasteiger partial charge in [0.25, 0.3) is 0 Å². The largest absolute Gasteiger partial charge is 0.256 e. The van der Waals surface area contributed by atoms with Crippen LogP contribution in [0.2, 0.25) is 0 Å². The van der Waals surface area contributed by atoms with E-state index in [9.17, 15) is 0 Å². The molecule has 0 aliphatic rings. The van der Waals surface area contributed by atoms with E-state index in [4.69, 9.17) is 19.9 Å². The zero-order valence-corrected chi connectivity index (χ0v) is 28.1. The molecule has 10 rings (SSSR count). The van der Waals surface area contributed by atoms with Crippen LogP contribution in [0.25, 0.3) is 99.5 Å². The van der Waals surface area contributed by atoms with E-state index in [1.807, 2.05) is 24.5 Å². The Labute approximate surface area is 300 Å². The third-order valence-corrected chi connectivity index (χ3v) is 9.96. The number of para-hydroxylation sites is 2. The molecule has 3 aromatic heterocycles. The fourth-order valence-corrected chi connectivity index (χ4v) is 7.44. The first kappa shape index (κ1) is 29.8. The van der Waals surface area contributed by atoms with Gasteiger partial charge in [0, 0.05) is 51.0 Å². The van der Waals surface area contributed by atoms with Gasteiger partial charge in [0.05, 0.1) is 22.4 Å². The van der Waals surface area contributed by atoms with Crippen molar-refractivity contribution in [1.29, 1.82) is 0 Å². The molecule has 0 saturated carbocycles. The van der Waals surface area contributed by atoms with E-state index in [1.54, 1.807) is 0 Å². The minimum Gasteiger partial charge on any atom is -0.256 e. The summed E-state index contributed by atoms with van der Waals surface area (Å²) in [7, 11) is 0. The predicted molar refractivity (Wildman–Crippen MR) is 215 cm³/mol. The van der Waals surface area contributed by atoms with Crippen molar-refractivity contribution in [3.63, 3.8) is 0 Å². The molecule has 0 unspecified atom stereocenters. The van der Waals surface area contributed by atoms with Crippen LogP contribution in [0.4, 0.5) is 0 Å². The van der Waals surface area contributed by atoms with Gasteiger partial charge in [0.2, 0.25) is 0 Å². The standard InChI is InChI=1S/C48H30N4/c1-3-15-39-37(9-1)29-38-10-2-4-16-40(38)45(39)44-30-43(33-23-19-31(20-24-33)41-17-5-11-34-13-7-27-49-46(34)41)51-48(52-44)36-25-21-32(22-26-36)42-18-6-12-35-14-8-28-50-47(35)42/h1-30H. The molecule has 3 heterocycles. The number of rotatable bonds is 5. The van der Waals surface area contributed by atoms with Gasteiger partial charge < -0.3 is 0 Å². The molecule has 10 aromatic rings. The van der Waals surface area contributed by atoms with Gasteiger partial charge in [-0.2, -0.15) is 0 Å². The lowest BCUT2D eigenvalue weighted by atomic mass is 9.93. The summed E-state index contributed by atoms with van der Waals surface area (Å²) in [5, 5.41) is 6.93. The van der Waals surface area contributed by atoms with E-state index in [2.05, 4.69) is 158 Å². The number of hydrogen-bond acceptors (Lipinski definition) is 4. The quantitative estimate of drug-likeness (QED) is 0.172. The van der Waals surface area contributed by atoms with Crippen LogP contribution in [0.3, 0.4) is 0 Å². The van der Waals surface area contributed by atoms with E-state index < -0.39 is 0 Å². The highest BCUT2D eigenvalue weighted by Crippen LogP contribution is 2.38. The Kier molecular flexibility index (Phi) is 7.10. The molecular formula is C48H30N4. The van der Waals surface area contributed by atoms with Gasteiger partial charge in [-0.3, -0.25) is 9.97 Å². The molecule has 0 radical (unpaired) electrons. The molecule has 0 saturated heterocycles. The summed E-state index contributed by atoms with van der Waals surface area (Å²) in [4.78, 5) is 19.9. The van der Waals surface area contributed by atoms with Crippen LogP contribution >= 0.6 is 0 Å². The molecular weight excluding hydrogens is 633 g/mol. The van der Waals surface area contributed by atoms with Crippen molar-refractivity contribution in [2.75, 3.05) is 0 Å². The number of pyridine rings is 2. The van der Waals surface area contributed by atoms with Crippen molar-refractivity contribution in [1.82, 2.24) is 19.9 Å².